The van der Waals surface area contributed by atoms with Crippen LogP contribution in [0.5, 0.6) is 0 Å². The van der Waals surface area contributed by atoms with E-state index in [1.165, 1.54) is 19.3 Å². The zero-order valence-electron chi connectivity index (χ0n) is 10.3. The predicted molar refractivity (Wildman–Crippen MR) is 75.7 cm³/mol. The number of halogens is 1. The fourth-order valence-corrected chi connectivity index (χ4v) is 2.97. The van der Waals surface area contributed by atoms with Crippen molar-refractivity contribution >= 4 is 22.5 Å². The minimum Gasteiger partial charge on any atom is -0.320 e. The molecule has 0 bridgehead atoms. The van der Waals surface area contributed by atoms with Crippen molar-refractivity contribution in [1.82, 2.24) is 4.98 Å². The van der Waals surface area contributed by atoms with E-state index in [1.54, 1.807) is 0 Å². The SMILES string of the molecule is NC1(c2ccc3ccc(Cl)cc3n2)CCCCC1. The Morgan fingerprint density at radius 2 is 1.78 bits per heavy atom. The molecule has 94 valence electrons. The van der Waals surface area contributed by atoms with E-state index in [4.69, 9.17) is 22.3 Å². The number of nitrogens with zero attached hydrogens (tertiary/aromatic N) is 1. The van der Waals surface area contributed by atoms with E-state index < -0.39 is 0 Å². The van der Waals surface area contributed by atoms with Gasteiger partial charge in [-0.15, -0.1) is 0 Å². The lowest BCUT2D eigenvalue weighted by atomic mass is 9.80. The smallest absolute Gasteiger partial charge is 0.0720 e. The summed E-state index contributed by atoms with van der Waals surface area (Å²) in [4.78, 5) is 4.72. The zero-order chi connectivity index (χ0) is 12.6. The summed E-state index contributed by atoms with van der Waals surface area (Å²) in [7, 11) is 0. The highest BCUT2D eigenvalue weighted by Gasteiger charge is 2.30. The van der Waals surface area contributed by atoms with Gasteiger partial charge in [-0.3, -0.25) is 4.98 Å². The molecule has 0 atom stereocenters. The number of pyridine rings is 1. The third-order valence-electron chi connectivity index (χ3n) is 3.91. The largest absolute Gasteiger partial charge is 0.320 e. The third kappa shape index (κ3) is 2.11. The molecular weight excluding hydrogens is 244 g/mol. The normalized spacial score (nSPS) is 19.0. The van der Waals surface area contributed by atoms with Gasteiger partial charge in [0.15, 0.2) is 0 Å². The Bertz CT molecular complexity index is 574. The van der Waals surface area contributed by atoms with Crippen LogP contribution in [-0.2, 0) is 5.54 Å². The van der Waals surface area contributed by atoms with E-state index in [0.717, 1.165) is 34.5 Å². The van der Waals surface area contributed by atoms with Gasteiger partial charge in [-0.25, -0.2) is 0 Å². The van der Waals surface area contributed by atoms with Gasteiger partial charge in [0.25, 0.3) is 0 Å². The van der Waals surface area contributed by atoms with Gasteiger partial charge in [-0.1, -0.05) is 43.0 Å². The average Bonchev–Trinajstić information content (AvgIpc) is 2.38. The van der Waals surface area contributed by atoms with Crippen molar-refractivity contribution in [2.45, 2.75) is 37.6 Å². The molecule has 0 aliphatic heterocycles. The predicted octanol–water partition coefficient (Wildman–Crippen LogP) is 4.01. The third-order valence-corrected chi connectivity index (χ3v) is 4.15. The lowest BCUT2D eigenvalue weighted by Crippen LogP contribution is -2.39. The van der Waals surface area contributed by atoms with Gasteiger partial charge in [-0.2, -0.15) is 0 Å². The van der Waals surface area contributed by atoms with E-state index in [-0.39, 0.29) is 5.54 Å². The van der Waals surface area contributed by atoms with E-state index in [2.05, 4.69) is 12.1 Å². The summed E-state index contributed by atoms with van der Waals surface area (Å²) in [6, 6.07) is 9.97. The minimum atomic E-state index is -0.241. The molecule has 1 aliphatic rings. The van der Waals surface area contributed by atoms with Crippen LogP contribution in [0.4, 0.5) is 0 Å². The van der Waals surface area contributed by atoms with Gasteiger partial charge in [0.05, 0.1) is 16.7 Å². The summed E-state index contributed by atoms with van der Waals surface area (Å²) < 4.78 is 0. The van der Waals surface area contributed by atoms with Crippen LogP contribution >= 0.6 is 11.6 Å². The lowest BCUT2D eigenvalue weighted by molar-refractivity contribution is 0.296. The molecule has 0 spiro atoms. The summed E-state index contributed by atoms with van der Waals surface area (Å²) in [5, 5.41) is 1.84. The topological polar surface area (TPSA) is 38.9 Å². The second kappa shape index (κ2) is 4.52. The number of nitrogens with two attached hydrogens (primary N) is 1. The Hall–Kier alpha value is -1.12. The van der Waals surface area contributed by atoms with Gasteiger partial charge in [0.1, 0.15) is 0 Å². The maximum absolute atomic E-state index is 6.51. The van der Waals surface area contributed by atoms with Crippen LogP contribution in [0.25, 0.3) is 10.9 Å². The highest BCUT2D eigenvalue weighted by molar-refractivity contribution is 6.31. The molecule has 0 unspecified atom stereocenters. The quantitative estimate of drug-likeness (QED) is 0.842. The number of fused-ring (bicyclic) bond motifs is 1. The maximum Gasteiger partial charge on any atom is 0.0720 e. The Balaban J connectivity index is 2.06. The molecule has 0 amide bonds. The minimum absolute atomic E-state index is 0.241. The molecule has 2 nitrogen and oxygen atoms in total. The number of rotatable bonds is 1. The molecule has 0 saturated heterocycles. The first-order chi connectivity index (χ1) is 8.67. The number of benzene rings is 1. The van der Waals surface area contributed by atoms with Crippen molar-refractivity contribution in [3.05, 3.63) is 41.0 Å². The van der Waals surface area contributed by atoms with Crippen molar-refractivity contribution in [3.8, 4) is 0 Å². The monoisotopic (exact) mass is 260 g/mol. The van der Waals surface area contributed by atoms with Crippen molar-refractivity contribution in [1.29, 1.82) is 0 Å². The molecule has 1 saturated carbocycles. The highest BCUT2D eigenvalue weighted by atomic mass is 35.5. The van der Waals surface area contributed by atoms with Gasteiger partial charge in [-0.05, 0) is 31.0 Å². The molecule has 1 aromatic heterocycles. The summed E-state index contributed by atoms with van der Waals surface area (Å²) in [6.07, 6.45) is 5.76. The molecule has 18 heavy (non-hydrogen) atoms. The van der Waals surface area contributed by atoms with Crippen LogP contribution in [0.1, 0.15) is 37.8 Å². The van der Waals surface area contributed by atoms with E-state index in [9.17, 15) is 0 Å². The van der Waals surface area contributed by atoms with Crippen molar-refractivity contribution in [3.63, 3.8) is 0 Å². The molecule has 0 radical (unpaired) electrons. The Kier molecular flexibility index (Phi) is 3.00. The standard InChI is InChI=1S/C15H17ClN2/c16-12-6-4-11-5-7-14(18-13(11)10-12)15(17)8-2-1-3-9-15/h4-7,10H,1-3,8-9,17H2. The molecule has 1 aromatic carbocycles. The molecule has 1 heterocycles. The maximum atomic E-state index is 6.51. The van der Waals surface area contributed by atoms with Gasteiger partial charge >= 0.3 is 0 Å². The summed E-state index contributed by atoms with van der Waals surface area (Å²) in [5.74, 6) is 0. The van der Waals surface area contributed by atoms with E-state index in [1.807, 2.05) is 18.2 Å². The Morgan fingerprint density at radius 3 is 2.56 bits per heavy atom. The second-order valence-corrected chi connectivity index (χ2v) is 5.69. The number of hydrogen-bond donors (Lipinski definition) is 1. The first kappa shape index (κ1) is 11.9. The number of aromatic nitrogens is 1. The van der Waals surface area contributed by atoms with Crippen LogP contribution < -0.4 is 5.73 Å². The van der Waals surface area contributed by atoms with Crippen molar-refractivity contribution in [2.24, 2.45) is 5.73 Å². The average molecular weight is 261 g/mol. The highest BCUT2D eigenvalue weighted by Crippen LogP contribution is 2.34. The Labute approximate surface area is 112 Å². The first-order valence-corrected chi connectivity index (χ1v) is 6.91. The van der Waals surface area contributed by atoms with Crippen molar-refractivity contribution < 1.29 is 0 Å². The fraction of sp³-hybridized carbons (Fsp3) is 0.400. The fourth-order valence-electron chi connectivity index (χ4n) is 2.81. The first-order valence-electron chi connectivity index (χ1n) is 6.53. The second-order valence-electron chi connectivity index (χ2n) is 5.25. The van der Waals surface area contributed by atoms with Crippen LogP contribution in [-0.4, -0.2) is 4.98 Å². The summed E-state index contributed by atoms with van der Waals surface area (Å²) >= 11 is 6.02. The molecule has 2 aromatic rings. The molecule has 3 heteroatoms. The molecule has 1 fully saturated rings. The molecule has 3 rings (SSSR count). The summed E-state index contributed by atoms with van der Waals surface area (Å²) in [6.45, 7) is 0. The van der Waals surface area contributed by atoms with Crippen LogP contribution in [0.2, 0.25) is 5.02 Å². The van der Waals surface area contributed by atoms with Gasteiger partial charge in [0, 0.05) is 10.4 Å². The van der Waals surface area contributed by atoms with Gasteiger partial charge < -0.3 is 5.73 Å². The molecular formula is C15H17ClN2. The van der Waals surface area contributed by atoms with Crippen LogP contribution in [0.3, 0.4) is 0 Å². The lowest BCUT2D eigenvalue weighted by Gasteiger charge is -2.33. The van der Waals surface area contributed by atoms with Crippen LogP contribution in [0.15, 0.2) is 30.3 Å². The zero-order valence-corrected chi connectivity index (χ0v) is 11.1. The van der Waals surface area contributed by atoms with Crippen LogP contribution in [0, 0.1) is 0 Å². The number of hydrogen-bond acceptors (Lipinski definition) is 2. The van der Waals surface area contributed by atoms with Gasteiger partial charge in [0.2, 0.25) is 0 Å². The van der Waals surface area contributed by atoms with Crippen molar-refractivity contribution in [2.75, 3.05) is 0 Å². The summed E-state index contributed by atoms with van der Waals surface area (Å²) in [5.41, 5.74) is 8.22. The van der Waals surface area contributed by atoms with E-state index in [0.29, 0.717) is 0 Å². The molecule has 1 aliphatic carbocycles. The van der Waals surface area contributed by atoms with E-state index >= 15 is 0 Å². The Morgan fingerprint density at radius 1 is 1.06 bits per heavy atom. The molecule has 2 N–H and O–H groups in total.